The zero-order valence-corrected chi connectivity index (χ0v) is 13.1. The van der Waals surface area contributed by atoms with E-state index in [4.69, 9.17) is 20.4 Å². The molecule has 0 heterocycles. The van der Waals surface area contributed by atoms with Gasteiger partial charge in [-0.05, 0) is 34.1 Å². The molecule has 0 atom stereocenters. The number of carbonyl (C=O) groups is 1. The van der Waals surface area contributed by atoms with Crippen LogP contribution in [0.2, 0.25) is 0 Å². The molecular weight excluding hydrogens is 370 g/mol. The monoisotopic (exact) mass is 383 g/mol. The first kappa shape index (κ1) is 18.0. The number of hydrogen-bond acceptors (Lipinski definition) is 6. The number of aliphatic hydroxyl groups is 3. The van der Waals surface area contributed by atoms with Gasteiger partial charge in [-0.15, -0.1) is 0 Å². The molecule has 0 aliphatic rings. The summed E-state index contributed by atoms with van der Waals surface area (Å²) in [6.07, 6.45) is 0. The first-order valence-electron chi connectivity index (χ1n) is 5.61. The van der Waals surface area contributed by atoms with E-state index in [1.54, 1.807) is 0 Å². The van der Waals surface area contributed by atoms with Crippen LogP contribution in [0.5, 0.6) is 0 Å². The maximum Gasteiger partial charge on any atom is 0.335 e. The van der Waals surface area contributed by atoms with Gasteiger partial charge in [0.2, 0.25) is 10.0 Å². The highest BCUT2D eigenvalue weighted by atomic mass is 79.9. The van der Waals surface area contributed by atoms with E-state index in [1.807, 2.05) is 4.72 Å². The van der Waals surface area contributed by atoms with Crippen LogP contribution >= 0.6 is 15.9 Å². The highest BCUT2D eigenvalue weighted by molar-refractivity contribution is 9.10. The van der Waals surface area contributed by atoms with Gasteiger partial charge in [0.25, 0.3) is 0 Å². The van der Waals surface area contributed by atoms with Crippen molar-refractivity contribution in [2.75, 3.05) is 19.8 Å². The first-order chi connectivity index (χ1) is 9.71. The molecule has 0 aliphatic carbocycles. The molecular formula is C11H14BrNO7S. The molecule has 0 unspecified atom stereocenters. The normalized spacial score (nSPS) is 12.4. The van der Waals surface area contributed by atoms with Crippen LogP contribution in [-0.2, 0) is 10.0 Å². The van der Waals surface area contributed by atoms with Gasteiger partial charge in [0.05, 0.1) is 30.3 Å². The molecule has 0 amide bonds. The van der Waals surface area contributed by atoms with Crippen molar-refractivity contribution in [3.8, 4) is 0 Å². The molecule has 0 spiro atoms. The summed E-state index contributed by atoms with van der Waals surface area (Å²) in [6, 6.07) is 3.38. The number of halogens is 1. The van der Waals surface area contributed by atoms with Crippen LogP contribution in [0.1, 0.15) is 10.4 Å². The number of sulfonamides is 1. The second-order valence-electron chi connectivity index (χ2n) is 4.31. The Labute approximate surface area is 129 Å². The van der Waals surface area contributed by atoms with E-state index in [0.717, 1.165) is 6.07 Å². The third-order valence-electron chi connectivity index (χ3n) is 2.73. The minimum Gasteiger partial charge on any atom is -0.478 e. The van der Waals surface area contributed by atoms with Crippen LogP contribution in [0.4, 0.5) is 0 Å². The largest absolute Gasteiger partial charge is 0.478 e. The van der Waals surface area contributed by atoms with E-state index < -0.39 is 41.4 Å². The average molecular weight is 384 g/mol. The van der Waals surface area contributed by atoms with Gasteiger partial charge in [-0.2, -0.15) is 4.72 Å². The quantitative estimate of drug-likeness (QED) is 0.412. The lowest BCUT2D eigenvalue weighted by Crippen LogP contribution is -2.56. The van der Waals surface area contributed by atoms with Gasteiger partial charge in [-0.3, -0.25) is 0 Å². The number of carboxylic acid groups (broad SMARTS) is 1. The third kappa shape index (κ3) is 3.99. The lowest BCUT2D eigenvalue weighted by Gasteiger charge is -2.28. The van der Waals surface area contributed by atoms with Crippen LogP contribution in [0.15, 0.2) is 27.6 Å². The fourth-order valence-corrected chi connectivity index (χ4v) is 3.80. The molecule has 5 N–H and O–H groups in total. The number of rotatable bonds is 7. The smallest absolute Gasteiger partial charge is 0.335 e. The number of nitrogens with one attached hydrogen (secondary N) is 1. The van der Waals surface area contributed by atoms with Gasteiger partial charge in [0, 0.05) is 4.47 Å². The number of carboxylic acids is 1. The molecule has 1 aromatic carbocycles. The number of aromatic carboxylic acids is 1. The Kier molecular flexibility index (Phi) is 5.84. The maximum absolute atomic E-state index is 12.3. The van der Waals surface area contributed by atoms with Gasteiger partial charge in [-0.25, -0.2) is 13.2 Å². The summed E-state index contributed by atoms with van der Waals surface area (Å²) in [6.45, 7) is -2.51. The van der Waals surface area contributed by atoms with Crippen molar-refractivity contribution >= 4 is 31.9 Å². The van der Waals surface area contributed by atoms with Crippen molar-refractivity contribution in [3.05, 3.63) is 28.2 Å². The van der Waals surface area contributed by atoms with E-state index in [2.05, 4.69) is 15.9 Å². The number of aliphatic hydroxyl groups excluding tert-OH is 3. The Morgan fingerprint density at radius 3 is 2.14 bits per heavy atom. The predicted molar refractivity (Wildman–Crippen MR) is 75.4 cm³/mol. The summed E-state index contributed by atoms with van der Waals surface area (Å²) < 4.78 is 26.6. The Hall–Kier alpha value is -1.04. The van der Waals surface area contributed by atoms with E-state index in [9.17, 15) is 13.2 Å². The van der Waals surface area contributed by atoms with Crippen LogP contribution in [0, 0.1) is 0 Å². The highest BCUT2D eigenvalue weighted by Crippen LogP contribution is 2.24. The molecule has 0 aliphatic heterocycles. The van der Waals surface area contributed by atoms with Gasteiger partial charge in [0.1, 0.15) is 5.54 Å². The zero-order chi connectivity index (χ0) is 16.3. The fraction of sp³-hybridized carbons (Fsp3) is 0.364. The van der Waals surface area contributed by atoms with Crippen molar-refractivity contribution in [3.63, 3.8) is 0 Å². The summed E-state index contributed by atoms with van der Waals surface area (Å²) >= 11 is 2.99. The lowest BCUT2D eigenvalue weighted by atomic mass is 10.1. The minimum absolute atomic E-state index is 0.0997. The van der Waals surface area contributed by atoms with Crippen molar-refractivity contribution in [2.45, 2.75) is 10.4 Å². The standard InChI is InChI=1S/C11H14BrNO7S/c12-8-2-1-7(10(17)18)3-9(8)21(19,20)13-11(4-14,5-15)6-16/h1-3,13-16H,4-6H2,(H,17,18). The van der Waals surface area contributed by atoms with Gasteiger partial charge in [-0.1, -0.05) is 0 Å². The van der Waals surface area contributed by atoms with E-state index in [0.29, 0.717) is 0 Å². The van der Waals surface area contributed by atoms with Crippen molar-refractivity contribution in [1.29, 1.82) is 0 Å². The second kappa shape index (κ2) is 6.81. The molecule has 21 heavy (non-hydrogen) atoms. The molecule has 1 aromatic rings. The summed E-state index contributed by atoms with van der Waals surface area (Å²) in [4.78, 5) is 10.5. The Bertz CT molecular complexity index is 619. The van der Waals surface area contributed by atoms with Crippen LogP contribution < -0.4 is 4.72 Å². The summed E-state index contributed by atoms with van der Waals surface area (Å²) in [5.41, 5.74) is -2.10. The average Bonchev–Trinajstić information content (AvgIpc) is 2.45. The van der Waals surface area contributed by atoms with Gasteiger partial charge in [0.15, 0.2) is 0 Å². The molecule has 0 aromatic heterocycles. The molecule has 0 radical (unpaired) electrons. The van der Waals surface area contributed by atoms with E-state index in [-0.39, 0.29) is 14.9 Å². The topological polar surface area (TPSA) is 144 Å². The van der Waals surface area contributed by atoms with Crippen molar-refractivity contribution in [1.82, 2.24) is 4.72 Å². The Morgan fingerprint density at radius 1 is 1.19 bits per heavy atom. The maximum atomic E-state index is 12.3. The Balaban J connectivity index is 3.31. The predicted octanol–water partition coefficient (Wildman–Crippen LogP) is -0.859. The lowest BCUT2D eigenvalue weighted by molar-refractivity contribution is 0.0581. The molecule has 10 heteroatoms. The fourth-order valence-electron chi connectivity index (χ4n) is 1.43. The molecule has 8 nitrogen and oxygen atoms in total. The number of hydrogen-bond donors (Lipinski definition) is 5. The SMILES string of the molecule is O=C(O)c1ccc(Br)c(S(=O)(=O)NC(CO)(CO)CO)c1. The first-order valence-corrected chi connectivity index (χ1v) is 7.88. The van der Waals surface area contributed by atoms with E-state index in [1.165, 1.54) is 12.1 Å². The summed E-state index contributed by atoms with van der Waals surface area (Å²) in [5.74, 6) is -1.31. The molecule has 1 rings (SSSR count). The van der Waals surface area contributed by atoms with Crippen molar-refractivity contribution in [2.24, 2.45) is 0 Å². The van der Waals surface area contributed by atoms with Crippen LogP contribution in [0.3, 0.4) is 0 Å². The molecule has 0 bridgehead atoms. The van der Waals surface area contributed by atoms with Crippen LogP contribution in [0.25, 0.3) is 0 Å². The molecule has 0 saturated carbocycles. The van der Waals surface area contributed by atoms with E-state index >= 15 is 0 Å². The minimum atomic E-state index is -4.28. The summed E-state index contributed by atoms with van der Waals surface area (Å²) in [7, 11) is -4.28. The number of benzene rings is 1. The Morgan fingerprint density at radius 2 is 1.71 bits per heavy atom. The zero-order valence-electron chi connectivity index (χ0n) is 10.7. The molecule has 0 saturated heterocycles. The van der Waals surface area contributed by atoms with Crippen LogP contribution in [-0.4, -0.2) is 60.2 Å². The highest BCUT2D eigenvalue weighted by Gasteiger charge is 2.34. The second-order valence-corrected chi connectivity index (χ2v) is 6.82. The summed E-state index contributed by atoms with van der Waals surface area (Å²) in [5, 5.41) is 36.3. The molecule has 0 fully saturated rings. The molecule has 118 valence electrons. The third-order valence-corrected chi connectivity index (χ3v) is 5.30. The van der Waals surface area contributed by atoms with Gasteiger partial charge < -0.3 is 20.4 Å². The van der Waals surface area contributed by atoms with Gasteiger partial charge >= 0.3 is 5.97 Å². The van der Waals surface area contributed by atoms with Crippen molar-refractivity contribution < 1.29 is 33.6 Å².